The number of likely N-dealkylation sites (tertiary alicyclic amines) is 1. The molecule has 0 bridgehead atoms. The molecule has 162 valence electrons. The summed E-state index contributed by atoms with van der Waals surface area (Å²) < 4.78 is 0. The van der Waals surface area contributed by atoms with E-state index in [9.17, 15) is 0 Å². The van der Waals surface area contributed by atoms with Gasteiger partial charge in [-0.15, -0.1) is 0 Å². The topological polar surface area (TPSA) is 59.0 Å². The van der Waals surface area contributed by atoms with Gasteiger partial charge in [0, 0.05) is 52.0 Å². The van der Waals surface area contributed by atoms with Crippen LogP contribution in [0.5, 0.6) is 0 Å². The fourth-order valence-electron chi connectivity index (χ4n) is 4.05. The molecule has 1 aromatic rings. The summed E-state index contributed by atoms with van der Waals surface area (Å²) in [4.78, 5) is 16.8. The maximum atomic E-state index is 4.80. The Morgan fingerprint density at radius 1 is 1.00 bits per heavy atom. The third-order valence-electron chi connectivity index (χ3n) is 5.89. The summed E-state index contributed by atoms with van der Waals surface area (Å²) in [5, 5.41) is 6.86. The lowest BCUT2D eigenvalue weighted by molar-refractivity contribution is 0.232. The zero-order chi connectivity index (χ0) is 20.3. The van der Waals surface area contributed by atoms with Crippen molar-refractivity contribution in [3.05, 3.63) is 23.9 Å². The number of likely N-dealkylation sites (N-methyl/N-ethyl adjacent to an activating group) is 1. The van der Waals surface area contributed by atoms with Crippen molar-refractivity contribution in [2.24, 2.45) is 4.99 Å². The maximum Gasteiger partial charge on any atom is 0.191 e. The summed E-state index contributed by atoms with van der Waals surface area (Å²) in [6, 6.07) is 4.27. The highest BCUT2D eigenvalue weighted by atomic mass is 15.3. The van der Waals surface area contributed by atoms with Crippen LogP contribution in [0.2, 0.25) is 0 Å². The lowest BCUT2D eigenvalue weighted by Gasteiger charge is -2.34. The summed E-state index contributed by atoms with van der Waals surface area (Å²) in [5.41, 5.74) is 1.21. The molecule has 0 amide bonds. The molecule has 29 heavy (non-hydrogen) atoms. The van der Waals surface area contributed by atoms with Crippen molar-refractivity contribution in [3.8, 4) is 0 Å². The van der Waals surface area contributed by atoms with Crippen LogP contribution in [0.3, 0.4) is 0 Å². The summed E-state index contributed by atoms with van der Waals surface area (Å²) in [6.07, 6.45) is 5.98. The molecule has 2 aliphatic heterocycles. The van der Waals surface area contributed by atoms with Crippen LogP contribution in [0.15, 0.2) is 23.3 Å². The first kappa shape index (κ1) is 21.8. The third-order valence-corrected chi connectivity index (χ3v) is 5.89. The highest BCUT2D eigenvalue weighted by molar-refractivity contribution is 5.79. The molecule has 0 unspecified atom stereocenters. The summed E-state index contributed by atoms with van der Waals surface area (Å²) in [6.45, 7) is 15.9. The van der Waals surface area contributed by atoms with Gasteiger partial charge < -0.3 is 25.3 Å². The highest BCUT2D eigenvalue weighted by Crippen LogP contribution is 2.15. The number of aromatic nitrogens is 1. The molecule has 1 aromatic heterocycles. The van der Waals surface area contributed by atoms with E-state index in [1.54, 1.807) is 0 Å². The van der Waals surface area contributed by atoms with Gasteiger partial charge in [0.05, 0.1) is 6.54 Å². The van der Waals surface area contributed by atoms with Gasteiger partial charge in [0.2, 0.25) is 0 Å². The fourth-order valence-corrected chi connectivity index (χ4v) is 4.05. The monoisotopic (exact) mass is 401 g/mol. The Labute approximate surface area is 176 Å². The average Bonchev–Trinajstić information content (AvgIpc) is 2.78. The number of nitrogens with zero attached hydrogens (tertiary/aromatic N) is 5. The van der Waals surface area contributed by atoms with Crippen LogP contribution >= 0.6 is 0 Å². The molecule has 0 atom stereocenters. The lowest BCUT2D eigenvalue weighted by Crippen LogP contribution is -2.46. The minimum atomic E-state index is 0.670. The van der Waals surface area contributed by atoms with Gasteiger partial charge in [-0.1, -0.05) is 13.3 Å². The molecule has 3 heterocycles. The minimum Gasteiger partial charge on any atom is -0.357 e. The summed E-state index contributed by atoms with van der Waals surface area (Å²) in [5.74, 6) is 1.98. The van der Waals surface area contributed by atoms with E-state index in [4.69, 9.17) is 4.99 Å². The highest BCUT2D eigenvalue weighted by Gasteiger charge is 2.16. The van der Waals surface area contributed by atoms with E-state index in [0.29, 0.717) is 6.54 Å². The van der Waals surface area contributed by atoms with Gasteiger partial charge in [-0.3, -0.25) is 0 Å². The second kappa shape index (κ2) is 12.0. The van der Waals surface area contributed by atoms with Gasteiger partial charge in [0.25, 0.3) is 0 Å². The van der Waals surface area contributed by atoms with Gasteiger partial charge in [0.1, 0.15) is 5.82 Å². The number of anilines is 1. The van der Waals surface area contributed by atoms with Crippen LogP contribution in [0, 0.1) is 0 Å². The van der Waals surface area contributed by atoms with E-state index < -0.39 is 0 Å². The number of nitrogens with one attached hydrogen (secondary N) is 2. The van der Waals surface area contributed by atoms with Crippen molar-refractivity contribution in [3.63, 3.8) is 0 Å². The predicted molar refractivity (Wildman–Crippen MR) is 122 cm³/mol. The molecule has 0 saturated carbocycles. The lowest BCUT2D eigenvalue weighted by atomic mass is 10.1. The molecule has 7 nitrogen and oxygen atoms in total. The van der Waals surface area contributed by atoms with Crippen molar-refractivity contribution in [1.82, 2.24) is 25.4 Å². The average molecular weight is 402 g/mol. The number of rotatable bonds is 8. The van der Waals surface area contributed by atoms with Gasteiger partial charge >= 0.3 is 0 Å². The molecular formula is C22H39N7. The van der Waals surface area contributed by atoms with Crippen molar-refractivity contribution < 1.29 is 0 Å². The molecule has 0 aromatic carbocycles. The first-order valence-electron chi connectivity index (χ1n) is 11.4. The Morgan fingerprint density at radius 2 is 1.79 bits per heavy atom. The summed E-state index contributed by atoms with van der Waals surface area (Å²) in [7, 11) is 0. The number of hydrogen-bond donors (Lipinski definition) is 2. The van der Waals surface area contributed by atoms with E-state index in [-0.39, 0.29) is 0 Å². The molecule has 2 saturated heterocycles. The van der Waals surface area contributed by atoms with E-state index in [1.807, 2.05) is 6.20 Å². The van der Waals surface area contributed by atoms with E-state index >= 15 is 0 Å². The molecule has 2 N–H and O–H groups in total. The molecule has 0 aliphatic carbocycles. The molecule has 2 fully saturated rings. The zero-order valence-electron chi connectivity index (χ0n) is 18.4. The molecule has 0 spiro atoms. The predicted octanol–water partition coefficient (Wildman–Crippen LogP) is 1.76. The Morgan fingerprint density at radius 3 is 2.52 bits per heavy atom. The van der Waals surface area contributed by atoms with Gasteiger partial charge in [0.15, 0.2) is 5.96 Å². The Bertz CT molecular complexity index is 619. The normalized spacial score (nSPS) is 19.4. The first-order chi connectivity index (χ1) is 14.3. The van der Waals surface area contributed by atoms with Gasteiger partial charge in [-0.25, -0.2) is 9.98 Å². The van der Waals surface area contributed by atoms with Crippen LogP contribution in [-0.4, -0.2) is 86.2 Å². The van der Waals surface area contributed by atoms with Crippen LogP contribution in [0.1, 0.15) is 38.7 Å². The number of piperazine rings is 1. The second-order valence-electron chi connectivity index (χ2n) is 7.97. The third kappa shape index (κ3) is 7.16. The van der Waals surface area contributed by atoms with Crippen LogP contribution < -0.4 is 15.5 Å². The van der Waals surface area contributed by atoms with Gasteiger partial charge in [-0.2, -0.15) is 0 Å². The number of aliphatic imine (C=N–C) groups is 1. The molecule has 2 aliphatic rings. The fraction of sp³-hybridized carbons (Fsp3) is 0.727. The number of pyridine rings is 1. The SMILES string of the molecule is CCNC(=NCc1ccnc(N2CCN(CC)CC2)c1)NCCN1CCCCC1. The smallest absolute Gasteiger partial charge is 0.191 e. The molecule has 0 radical (unpaired) electrons. The standard InChI is InChI=1S/C22H39N7/c1-3-23-22(25-10-13-28-11-6-5-7-12-28)26-19-20-8-9-24-21(18-20)29-16-14-27(4-2)15-17-29/h8-9,18H,3-7,10-17,19H2,1-2H3,(H2,23,25,26). The molecule has 7 heteroatoms. The Kier molecular flexibility index (Phi) is 9.02. The number of guanidine groups is 1. The number of piperidine rings is 1. The maximum absolute atomic E-state index is 4.80. The number of hydrogen-bond acceptors (Lipinski definition) is 5. The van der Waals surface area contributed by atoms with Crippen LogP contribution in [0.4, 0.5) is 5.82 Å². The second-order valence-corrected chi connectivity index (χ2v) is 7.97. The van der Waals surface area contributed by atoms with Crippen molar-refractivity contribution in [2.75, 3.05) is 70.3 Å². The quantitative estimate of drug-likeness (QED) is 0.511. The minimum absolute atomic E-state index is 0.670. The van der Waals surface area contributed by atoms with Gasteiger partial charge in [-0.05, 0) is 57.1 Å². The Hall–Kier alpha value is -1.86. The first-order valence-corrected chi connectivity index (χ1v) is 11.4. The molecular weight excluding hydrogens is 362 g/mol. The van der Waals surface area contributed by atoms with E-state index in [0.717, 1.165) is 64.1 Å². The van der Waals surface area contributed by atoms with Crippen LogP contribution in [-0.2, 0) is 6.54 Å². The van der Waals surface area contributed by atoms with E-state index in [2.05, 4.69) is 56.3 Å². The summed E-state index contributed by atoms with van der Waals surface area (Å²) >= 11 is 0. The zero-order valence-corrected chi connectivity index (χ0v) is 18.4. The van der Waals surface area contributed by atoms with E-state index in [1.165, 1.54) is 37.9 Å². The Balaban J connectivity index is 1.50. The van der Waals surface area contributed by atoms with Crippen molar-refractivity contribution in [1.29, 1.82) is 0 Å². The van der Waals surface area contributed by atoms with Crippen molar-refractivity contribution >= 4 is 11.8 Å². The molecule has 3 rings (SSSR count). The largest absolute Gasteiger partial charge is 0.357 e. The van der Waals surface area contributed by atoms with Crippen LogP contribution in [0.25, 0.3) is 0 Å². The van der Waals surface area contributed by atoms with Crippen molar-refractivity contribution in [2.45, 2.75) is 39.7 Å².